The summed E-state index contributed by atoms with van der Waals surface area (Å²) in [6, 6.07) is 13.6. The summed E-state index contributed by atoms with van der Waals surface area (Å²) in [5.41, 5.74) is 3.41. The monoisotopic (exact) mass is 353 g/mol. The summed E-state index contributed by atoms with van der Waals surface area (Å²) in [4.78, 5) is 12.6. The van der Waals surface area contributed by atoms with E-state index in [2.05, 4.69) is 17.4 Å². The lowest BCUT2D eigenvalue weighted by Gasteiger charge is -2.20. The molecular formula is C22H27NO3. The number of aryl methyl sites for hydroxylation is 2. The Kier molecular flexibility index (Phi) is 5.82. The zero-order valence-corrected chi connectivity index (χ0v) is 15.7. The lowest BCUT2D eigenvalue weighted by atomic mass is 9.92. The first-order valence-corrected chi connectivity index (χ1v) is 9.38. The van der Waals surface area contributed by atoms with Gasteiger partial charge in [-0.2, -0.15) is 0 Å². The molecule has 4 heteroatoms. The summed E-state index contributed by atoms with van der Waals surface area (Å²) in [6.07, 6.45) is 4.15. The molecule has 2 aromatic rings. The Hall–Kier alpha value is -2.49. The van der Waals surface area contributed by atoms with Crippen LogP contribution in [0, 0.1) is 0 Å². The maximum Gasteiger partial charge on any atom is 0.265 e. The molecule has 0 radical (unpaired) electrons. The van der Waals surface area contributed by atoms with Crippen LogP contribution in [0.2, 0.25) is 0 Å². The average molecular weight is 353 g/mol. The summed E-state index contributed by atoms with van der Waals surface area (Å²) in [7, 11) is 0. The van der Waals surface area contributed by atoms with E-state index in [0.717, 1.165) is 18.6 Å². The van der Waals surface area contributed by atoms with E-state index in [9.17, 15) is 4.79 Å². The van der Waals surface area contributed by atoms with Crippen LogP contribution in [0.1, 0.15) is 44.7 Å². The number of carbonyl (C=O) groups excluding carboxylic acids is 1. The van der Waals surface area contributed by atoms with Crippen LogP contribution in [0.4, 0.5) is 5.69 Å². The molecule has 2 aromatic carbocycles. The van der Waals surface area contributed by atoms with Crippen molar-refractivity contribution in [3.8, 4) is 11.5 Å². The predicted octanol–water partition coefficient (Wildman–Crippen LogP) is 4.76. The molecule has 1 aliphatic rings. The van der Waals surface area contributed by atoms with Gasteiger partial charge >= 0.3 is 0 Å². The highest BCUT2D eigenvalue weighted by atomic mass is 16.5. The van der Waals surface area contributed by atoms with Crippen molar-refractivity contribution >= 4 is 11.6 Å². The van der Waals surface area contributed by atoms with E-state index in [0.29, 0.717) is 11.4 Å². The Morgan fingerprint density at radius 3 is 2.46 bits per heavy atom. The number of para-hydroxylation sites is 2. The maximum absolute atomic E-state index is 12.6. The van der Waals surface area contributed by atoms with Crippen LogP contribution in [0.3, 0.4) is 0 Å². The summed E-state index contributed by atoms with van der Waals surface area (Å²) in [5, 5.41) is 2.91. The summed E-state index contributed by atoms with van der Waals surface area (Å²) >= 11 is 0. The molecule has 1 amide bonds. The number of fused-ring (bicyclic) bond motifs is 1. The molecule has 26 heavy (non-hydrogen) atoms. The first-order chi connectivity index (χ1) is 12.5. The van der Waals surface area contributed by atoms with Gasteiger partial charge in [-0.1, -0.05) is 18.2 Å². The zero-order valence-electron chi connectivity index (χ0n) is 15.7. The van der Waals surface area contributed by atoms with E-state index in [4.69, 9.17) is 9.47 Å². The fraction of sp³-hybridized carbons (Fsp3) is 0.409. The van der Waals surface area contributed by atoms with Crippen molar-refractivity contribution in [2.75, 3.05) is 5.32 Å². The number of benzene rings is 2. The van der Waals surface area contributed by atoms with Gasteiger partial charge in [0.1, 0.15) is 11.5 Å². The standard InChI is InChI=1S/C22H27NO3/c1-15(2)25-21-11-7-6-10-20(21)23-22(24)16(3)26-19-13-12-17-8-4-5-9-18(17)14-19/h6-7,10-16H,4-5,8-9H2,1-3H3,(H,23,24)/t16-/m0/s1. The van der Waals surface area contributed by atoms with Gasteiger partial charge in [0, 0.05) is 0 Å². The molecule has 0 bridgehead atoms. The minimum absolute atomic E-state index is 0.0391. The van der Waals surface area contributed by atoms with Crippen LogP contribution in [0.15, 0.2) is 42.5 Å². The molecule has 0 spiro atoms. The minimum atomic E-state index is -0.594. The molecule has 0 aliphatic heterocycles. The number of hydrogen-bond acceptors (Lipinski definition) is 3. The van der Waals surface area contributed by atoms with E-state index < -0.39 is 6.10 Å². The summed E-state index contributed by atoms with van der Waals surface area (Å²) in [6.45, 7) is 5.68. The molecule has 0 unspecified atom stereocenters. The Balaban J connectivity index is 1.65. The van der Waals surface area contributed by atoms with Crippen LogP contribution in [0.5, 0.6) is 11.5 Å². The van der Waals surface area contributed by atoms with Gasteiger partial charge < -0.3 is 14.8 Å². The zero-order chi connectivity index (χ0) is 18.5. The van der Waals surface area contributed by atoms with Gasteiger partial charge in [-0.3, -0.25) is 4.79 Å². The third-order valence-electron chi connectivity index (χ3n) is 4.51. The molecule has 0 aromatic heterocycles. The number of anilines is 1. The van der Waals surface area contributed by atoms with Gasteiger partial charge in [0.2, 0.25) is 0 Å². The highest BCUT2D eigenvalue weighted by Crippen LogP contribution is 2.27. The number of rotatable bonds is 6. The van der Waals surface area contributed by atoms with Gasteiger partial charge in [-0.05, 0) is 81.8 Å². The highest BCUT2D eigenvalue weighted by molar-refractivity contribution is 5.95. The molecule has 3 rings (SSSR count). The average Bonchev–Trinajstić information content (AvgIpc) is 2.62. The molecule has 138 valence electrons. The van der Waals surface area contributed by atoms with Crippen molar-refractivity contribution in [2.24, 2.45) is 0 Å². The second-order valence-corrected chi connectivity index (χ2v) is 7.05. The molecule has 0 saturated heterocycles. The van der Waals surface area contributed by atoms with E-state index in [1.165, 1.54) is 24.0 Å². The van der Waals surface area contributed by atoms with E-state index in [1.807, 2.05) is 44.2 Å². The smallest absolute Gasteiger partial charge is 0.265 e. The van der Waals surface area contributed by atoms with Crippen LogP contribution >= 0.6 is 0 Å². The number of nitrogens with one attached hydrogen (secondary N) is 1. The molecule has 1 atom stereocenters. The molecule has 0 heterocycles. The predicted molar refractivity (Wildman–Crippen MR) is 104 cm³/mol. The normalized spacial score (nSPS) is 14.5. The van der Waals surface area contributed by atoms with Crippen LogP contribution in [-0.2, 0) is 17.6 Å². The van der Waals surface area contributed by atoms with Crippen molar-refractivity contribution in [2.45, 2.75) is 58.7 Å². The molecule has 0 fully saturated rings. The Bertz CT molecular complexity index is 770. The largest absolute Gasteiger partial charge is 0.489 e. The first-order valence-electron chi connectivity index (χ1n) is 9.38. The topological polar surface area (TPSA) is 47.6 Å². The first kappa shape index (κ1) is 18.3. The van der Waals surface area contributed by atoms with Crippen LogP contribution in [-0.4, -0.2) is 18.1 Å². The van der Waals surface area contributed by atoms with Crippen molar-refractivity contribution in [3.63, 3.8) is 0 Å². The fourth-order valence-corrected chi connectivity index (χ4v) is 3.20. The Morgan fingerprint density at radius 1 is 0.962 bits per heavy atom. The SMILES string of the molecule is CC(C)Oc1ccccc1NC(=O)[C@H](C)Oc1ccc2c(c1)CCCC2. The lowest BCUT2D eigenvalue weighted by Crippen LogP contribution is -2.30. The molecule has 4 nitrogen and oxygen atoms in total. The van der Waals surface area contributed by atoms with Crippen molar-refractivity contribution in [1.29, 1.82) is 0 Å². The van der Waals surface area contributed by atoms with E-state index >= 15 is 0 Å². The summed E-state index contributed by atoms with van der Waals surface area (Å²) in [5.74, 6) is 1.22. The number of carbonyl (C=O) groups is 1. The second-order valence-electron chi connectivity index (χ2n) is 7.05. The summed E-state index contributed by atoms with van der Waals surface area (Å²) < 4.78 is 11.6. The molecular weight excluding hydrogens is 326 g/mol. The number of amides is 1. The Morgan fingerprint density at radius 2 is 1.69 bits per heavy atom. The van der Waals surface area contributed by atoms with Crippen molar-refractivity contribution in [3.05, 3.63) is 53.6 Å². The number of ether oxygens (including phenoxy) is 2. The van der Waals surface area contributed by atoms with Crippen molar-refractivity contribution in [1.82, 2.24) is 0 Å². The van der Waals surface area contributed by atoms with Crippen molar-refractivity contribution < 1.29 is 14.3 Å². The molecule has 0 saturated carbocycles. The lowest BCUT2D eigenvalue weighted by molar-refractivity contribution is -0.122. The van der Waals surface area contributed by atoms with Gasteiger partial charge in [-0.25, -0.2) is 0 Å². The minimum Gasteiger partial charge on any atom is -0.489 e. The van der Waals surface area contributed by atoms with E-state index in [1.54, 1.807) is 6.92 Å². The molecule has 1 aliphatic carbocycles. The van der Waals surface area contributed by atoms with Gasteiger partial charge in [0.05, 0.1) is 11.8 Å². The maximum atomic E-state index is 12.6. The highest BCUT2D eigenvalue weighted by Gasteiger charge is 2.18. The second kappa shape index (κ2) is 8.26. The number of hydrogen-bond donors (Lipinski definition) is 1. The quantitative estimate of drug-likeness (QED) is 0.814. The third-order valence-corrected chi connectivity index (χ3v) is 4.51. The molecule has 1 N–H and O–H groups in total. The van der Waals surface area contributed by atoms with Crippen LogP contribution in [0.25, 0.3) is 0 Å². The van der Waals surface area contributed by atoms with E-state index in [-0.39, 0.29) is 12.0 Å². The fourth-order valence-electron chi connectivity index (χ4n) is 3.20. The third kappa shape index (κ3) is 4.57. The van der Waals surface area contributed by atoms with Gasteiger partial charge in [-0.15, -0.1) is 0 Å². The Labute approximate surface area is 155 Å². The van der Waals surface area contributed by atoms with Gasteiger partial charge in [0.15, 0.2) is 6.10 Å². The van der Waals surface area contributed by atoms with Gasteiger partial charge in [0.25, 0.3) is 5.91 Å². The van der Waals surface area contributed by atoms with Crippen LogP contribution < -0.4 is 14.8 Å².